The summed E-state index contributed by atoms with van der Waals surface area (Å²) in [7, 11) is 1.29. The van der Waals surface area contributed by atoms with Crippen LogP contribution in [0.4, 0.5) is 5.69 Å². The van der Waals surface area contributed by atoms with Crippen molar-refractivity contribution in [2.45, 2.75) is 6.61 Å². The third-order valence-corrected chi connectivity index (χ3v) is 3.67. The van der Waals surface area contributed by atoms with Gasteiger partial charge in [0.1, 0.15) is 24.9 Å². The van der Waals surface area contributed by atoms with Crippen LogP contribution >= 0.6 is 23.2 Å². The van der Waals surface area contributed by atoms with Gasteiger partial charge in [0, 0.05) is 17.4 Å². The standard InChI is InChI=1S/C16H16Cl2N2O4/c1-23-15(22)8-20(10-21)14-5-3-2-4-11(14)9-24-16-13(18)6-12(17)7-19-16/h2-7,21H,8-10H2,1H3. The van der Waals surface area contributed by atoms with Crippen LogP contribution in [0.5, 0.6) is 5.88 Å². The number of halogens is 2. The number of aromatic nitrogens is 1. The molecule has 0 amide bonds. The minimum Gasteiger partial charge on any atom is -0.472 e. The molecule has 128 valence electrons. The molecule has 0 radical (unpaired) electrons. The highest BCUT2D eigenvalue weighted by Gasteiger charge is 2.15. The number of hydrogen-bond donors (Lipinski definition) is 1. The van der Waals surface area contributed by atoms with E-state index >= 15 is 0 Å². The number of hydrogen-bond acceptors (Lipinski definition) is 6. The average molecular weight is 371 g/mol. The van der Waals surface area contributed by atoms with Crippen molar-refractivity contribution in [3.8, 4) is 5.88 Å². The van der Waals surface area contributed by atoms with Gasteiger partial charge in [-0.2, -0.15) is 0 Å². The van der Waals surface area contributed by atoms with Crippen molar-refractivity contribution in [3.63, 3.8) is 0 Å². The normalized spacial score (nSPS) is 10.3. The monoisotopic (exact) mass is 370 g/mol. The Kier molecular flexibility index (Phi) is 6.66. The molecule has 0 aliphatic carbocycles. The first-order valence-corrected chi connectivity index (χ1v) is 7.75. The third kappa shape index (κ3) is 4.74. The predicted molar refractivity (Wildman–Crippen MR) is 91.5 cm³/mol. The van der Waals surface area contributed by atoms with Crippen molar-refractivity contribution < 1.29 is 19.4 Å². The van der Waals surface area contributed by atoms with Crippen molar-refractivity contribution in [2.75, 3.05) is 25.3 Å². The van der Waals surface area contributed by atoms with Crippen LogP contribution in [0.25, 0.3) is 0 Å². The summed E-state index contributed by atoms with van der Waals surface area (Å²) in [6, 6.07) is 8.75. The van der Waals surface area contributed by atoms with E-state index in [0.29, 0.717) is 15.7 Å². The number of ether oxygens (including phenoxy) is 2. The number of carbonyl (C=O) groups excluding carboxylic acids is 1. The van der Waals surface area contributed by atoms with Gasteiger partial charge in [0.05, 0.1) is 12.1 Å². The Morgan fingerprint density at radius 3 is 2.75 bits per heavy atom. The molecule has 0 atom stereocenters. The summed E-state index contributed by atoms with van der Waals surface area (Å²) in [5.74, 6) is -0.207. The minimum atomic E-state index is -0.456. The SMILES string of the molecule is COC(=O)CN(CO)c1ccccc1COc1ncc(Cl)cc1Cl. The van der Waals surface area contributed by atoms with Gasteiger partial charge < -0.3 is 19.5 Å². The zero-order chi connectivity index (χ0) is 17.5. The Hall–Kier alpha value is -2.02. The summed E-state index contributed by atoms with van der Waals surface area (Å²) in [5.41, 5.74) is 1.40. The maximum absolute atomic E-state index is 11.5. The van der Waals surface area contributed by atoms with Gasteiger partial charge in [-0.1, -0.05) is 41.4 Å². The molecule has 6 nitrogen and oxygen atoms in total. The number of pyridine rings is 1. The number of methoxy groups -OCH3 is 1. The fourth-order valence-electron chi connectivity index (χ4n) is 2.03. The molecule has 2 aromatic rings. The summed E-state index contributed by atoms with van der Waals surface area (Å²) in [4.78, 5) is 17.0. The van der Waals surface area contributed by atoms with Crippen LogP contribution in [0.3, 0.4) is 0 Å². The Morgan fingerprint density at radius 1 is 1.33 bits per heavy atom. The smallest absolute Gasteiger partial charge is 0.325 e. The molecular formula is C16H16Cl2N2O4. The molecule has 1 heterocycles. The van der Waals surface area contributed by atoms with Gasteiger partial charge in [0.15, 0.2) is 0 Å². The van der Waals surface area contributed by atoms with E-state index in [9.17, 15) is 9.90 Å². The maximum atomic E-state index is 11.5. The van der Waals surface area contributed by atoms with E-state index in [0.717, 1.165) is 5.56 Å². The molecule has 0 spiro atoms. The fourth-order valence-corrected chi connectivity index (χ4v) is 2.46. The maximum Gasteiger partial charge on any atom is 0.325 e. The van der Waals surface area contributed by atoms with E-state index in [4.69, 9.17) is 27.9 Å². The number of para-hydroxylation sites is 1. The zero-order valence-corrected chi connectivity index (χ0v) is 14.4. The Labute approximate surface area is 149 Å². The number of carbonyl (C=O) groups is 1. The lowest BCUT2D eigenvalue weighted by Gasteiger charge is -2.23. The molecule has 0 fully saturated rings. The van der Waals surface area contributed by atoms with Crippen LogP contribution < -0.4 is 9.64 Å². The second kappa shape index (κ2) is 8.73. The Bertz CT molecular complexity index is 712. The van der Waals surface area contributed by atoms with E-state index in [1.54, 1.807) is 12.1 Å². The second-order valence-electron chi connectivity index (χ2n) is 4.77. The molecule has 0 bridgehead atoms. The van der Waals surface area contributed by atoms with Gasteiger partial charge in [0.2, 0.25) is 5.88 Å². The second-order valence-corrected chi connectivity index (χ2v) is 5.62. The van der Waals surface area contributed by atoms with Crippen molar-refractivity contribution in [1.82, 2.24) is 4.98 Å². The predicted octanol–water partition coefficient (Wildman–Crippen LogP) is 2.90. The quantitative estimate of drug-likeness (QED) is 0.596. The number of rotatable bonds is 7. The highest BCUT2D eigenvalue weighted by atomic mass is 35.5. The van der Waals surface area contributed by atoms with Gasteiger partial charge in [0.25, 0.3) is 0 Å². The van der Waals surface area contributed by atoms with Gasteiger partial charge in [-0.3, -0.25) is 4.79 Å². The first-order chi connectivity index (χ1) is 11.5. The number of esters is 1. The molecule has 0 saturated heterocycles. The van der Waals surface area contributed by atoms with Gasteiger partial charge in [-0.25, -0.2) is 4.98 Å². The molecule has 1 aromatic heterocycles. The molecular weight excluding hydrogens is 355 g/mol. The first-order valence-electron chi connectivity index (χ1n) is 6.99. The molecule has 1 aromatic carbocycles. The third-order valence-electron chi connectivity index (χ3n) is 3.19. The lowest BCUT2D eigenvalue weighted by molar-refractivity contribution is -0.139. The summed E-state index contributed by atoms with van der Waals surface area (Å²) in [6.07, 6.45) is 1.44. The fraction of sp³-hybridized carbons (Fsp3) is 0.250. The van der Waals surface area contributed by atoms with E-state index in [1.165, 1.54) is 24.3 Å². The lowest BCUT2D eigenvalue weighted by Crippen LogP contribution is -2.32. The van der Waals surface area contributed by atoms with E-state index in [1.807, 2.05) is 12.1 Å². The number of aliphatic hydroxyl groups is 1. The zero-order valence-electron chi connectivity index (χ0n) is 12.9. The van der Waals surface area contributed by atoms with Crippen LogP contribution in [0.1, 0.15) is 5.56 Å². The molecule has 8 heteroatoms. The van der Waals surface area contributed by atoms with E-state index < -0.39 is 5.97 Å². The largest absolute Gasteiger partial charge is 0.472 e. The van der Waals surface area contributed by atoms with Crippen LogP contribution in [-0.4, -0.2) is 36.4 Å². The summed E-state index contributed by atoms with van der Waals surface area (Å²) < 4.78 is 10.3. The number of benzene rings is 1. The molecule has 0 aliphatic rings. The van der Waals surface area contributed by atoms with Crippen LogP contribution in [-0.2, 0) is 16.1 Å². The summed E-state index contributed by atoms with van der Waals surface area (Å²) in [5, 5.41) is 10.3. The molecule has 0 saturated carbocycles. The van der Waals surface area contributed by atoms with Crippen molar-refractivity contribution >= 4 is 34.9 Å². The summed E-state index contributed by atoms with van der Waals surface area (Å²) in [6.45, 7) is -0.266. The average Bonchev–Trinajstić information content (AvgIpc) is 2.59. The molecule has 2 rings (SSSR count). The van der Waals surface area contributed by atoms with Crippen LogP contribution in [0, 0.1) is 0 Å². The van der Waals surface area contributed by atoms with Crippen LogP contribution in [0.15, 0.2) is 36.5 Å². The van der Waals surface area contributed by atoms with Crippen molar-refractivity contribution in [2.24, 2.45) is 0 Å². The summed E-state index contributed by atoms with van der Waals surface area (Å²) >= 11 is 11.8. The molecule has 24 heavy (non-hydrogen) atoms. The van der Waals surface area contributed by atoms with E-state index in [-0.39, 0.29) is 25.8 Å². The molecule has 0 unspecified atom stereocenters. The Balaban J connectivity index is 2.17. The van der Waals surface area contributed by atoms with Crippen molar-refractivity contribution in [1.29, 1.82) is 0 Å². The highest BCUT2D eigenvalue weighted by Crippen LogP contribution is 2.27. The Morgan fingerprint density at radius 2 is 2.08 bits per heavy atom. The van der Waals surface area contributed by atoms with Crippen LogP contribution in [0.2, 0.25) is 10.0 Å². The number of aliphatic hydroxyl groups excluding tert-OH is 1. The number of anilines is 1. The van der Waals surface area contributed by atoms with Crippen molar-refractivity contribution in [3.05, 3.63) is 52.1 Å². The molecule has 1 N–H and O–H groups in total. The van der Waals surface area contributed by atoms with E-state index in [2.05, 4.69) is 9.72 Å². The highest BCUT2D eigenvalue weighted by molar-refractivity contribution is 6.35. The van der Waals surface area contributed by atoms with Gasteiger partial charge in [-0.05, 0) is 12.1 Å². The molecule has 0 aliphatic heterocycles. The lowest BCUT2D eigenvalue weighted by atomic mass is 10.1. The first kappa shape index (κ1) is 18.3. The van der Waals surface area contributed by atoms with Gasteiger partial charge >= 0.3 is 5.97 Å². The topological polar surface area (TPSA) is 71.9 Å². The minimum absolute atomic E-state index is 0.0794. The van der Waals surface area contributed by atoms with Gasteiger partial charge in [-0.15, -0.1) is 0 Å². The number of nitrogens with zero attached hydrogens (tertiary/aromatic N) is 2.